The number of nitrogen functional groups attached to an aromatic ring is 1. The predicted molar refractivity (Wildman–Crippen MR) is 101 cm³/mol. The fourth-order valence-electron chi connectivity index (χ4n) is 2.56. The van der Waals surface area contributed by atoms with Crippen molar-refractivity contribution in [3.8, 4) is 17.0 Å². The smallest absolute Gasteiger partial charge is 0.274 e. The summed E-state index contributed by atoms with van der Waals surface area (Å²) in [7, 11) is 1.61. The molecule has 0 spiro atoms. The molecule has 3 N–H and O–H groups in total. The van der Waals surface area contributed by atoms with Gasteiger partial charge in [-0.2, -0.15) is 0 Å². The molecule has 0 unspecified atom stereocenters. The van der Waals surface area contributed by atoms with Gasteiger partial charge in [-0.05, 0) is 36.8 Å². The van der Waals surface area contributed by atoms with Crippen LogP contribution in [0.5, 0.6) is 5.75 Å². The van der Waals surface area contributed by atoms with Crippen LogP contribution in [-0.2, 0) is 0 Å². The highest BCUT2D eigenvalue weighted by Gasteiger charge is 2.17. The Balaban J connectivity index is 1.83. The van der Waals surface area contributed by atoms with Crippen molar-refractivity contribution in [2.45, 2.75) is 13.0 Å². The lowest BCUT2D eigenvalue weighted by atomic mass is 10.1. The molecule has 1 aromatic heterocycles. The fourth-order valence-corrected chi connectivity index (χ4v) is 2.56. The number of nitrogens with zero attached hydrogens (tertiary/aromatic N) is 2. The normalized spacial score (nSPS) is 11.6. The lowest BCUT2D eigenvalue weighted by Crippen LogP contribution is -2.28. The second-order valence-electron chi connectivity index (χ2n) is 5.82. The molecule has 1 atom stereocenters. The molecule has 3 aromatic rings. The zero-order chi connectivity index (χ0) is 18.5. The van der Waals surface area contributed by atoms with Gasteiger partial charge < -0.3 is 15.8 Å². The third-order valence-corrected chi connectivity index (χ3v) is 4.05. The van der Waals surface area contributed by atoms with Crippen LogP contribution in [-0.4, -0.2) is 23.0 Å². The van der Waals surface area contributed by atoms with Crippen LogP contribution in [0.3, 0.4) is 0 Å². The minimum Gasteiger partial charge on any atom is -0.497 e. The van der Waals surface area contributed by atoms with Gasteiger partial charge in [0.25, 0.3) is 5.91 Å². The van der Waals surface area contributed by atoms with Gasteiger partial charge in [0.2, 0.25) is 0 Å². The molecule has 0 saturated carbocycles. The number of nitrogens with one attached hydrogen (secondary N) is 1. The second-order valence-corrected chi connectivity index (χ2v) is 5.82. The van der Waals surface area contributed by atoms with Gasteiger partial charge in [-0.3, -0.25) is 4.79 Å². The molecule has 6 heteroatoms. The van der Waals surface area contributed by atoms with E-state index in [0.717, 1.165) is 16.9 Å². The summed E-state index contributed by atoms with van der Waals surface area (Å²) in [6.07, 6.45) is 1.55. The minimum absolute atomic E-state index is 0.0972. The van der Waals surface area contributed by atoms with Crippen LogP contribution >= 0.6 is 0 Å². The SMILES string of the molecule is COc1ccc(-c2cnc(N)c(C(=O)N[C@@H](C)c3ccccc3)n2)cc1. The standard InChI is InChI=1S/C20H20N4O2/c1-13(14-6-4-3-5-7-14)23-20(25)18-19(21)22-12-17(24-18)15-8-10-16(26-2)11-9-15/h3-13H,1-2H3,(H2,21,22)(H,23,25)/t13-/m0/s1. The summed E-state index contributed by atoms with van der Waals surface area (Å²) < 4.78 is 5.15. The lowest BCUT2D eigenvalue weighted by molar-refractivity contribution is 0.0935. The third kappa shape index (κ3) is 3.80. The van der Waals surface area contributed by atoms with Crippen LogP contribution in [0.1, 0.15) is 29.0 Å². The Morgan fingerprint density at radius 3 is 2.46 bits per heavy atom. The summed E-state index contributed by atoms with van der Waals surface area (Å²) in [5, 5.41) is 2.91. The van der Waals surface area contributed by atoms with Crippen LogP contribution in [0.25, 0.3) is 11.3 Å². The highest BCUT2D eigenvalue weighted by molar-refractivity contribution is 5.97. The quantitative estimate of drug-likeness (QED) is 0.739. The topological polar surface area (TPSA) is 90.1 Å². The number of rotatable bonds is 5. The minimum atomic E-state index is -0.360. The largest absolute Gasteiger partial charge is 0.497 e. The Labute approximate surface area is 152 Å². The van der Waals surface area contributed by atoms with Gasteiger partial charge in [0, 0.05) is 5.56 Å². The van der Waals surface area contributed by atoms with Crippen molar-refractivity contribution in [2.24, 2.45) is 0 Å². The van der Waals surface area contributed by atoms with Crippen molar-refractivity contribution in [1.82, 2.24) is 15.3 Å². The number of methoxy groups -OCH3 is 1. The molecular weight excluding hydrogens is 328 g/mol. The van der Waals surface area contributed by atoms with Crippen molar-refractivity contribution in [3.63, 3.8) is 0 Å². The van der Waals surface area contributed by atoms with Crippen molar-refractivity contribution in [2.75, 3.05) is 12.8 Å². The Morgan fingerprint density at radius 2 is 1.81 bits per heavy atom. The van der Waals surface area contributed by atoms with E-state index >= 15 is 0 Å². The molecule has 3 rings (SSSR count). The van der Waals surface area contributed by atoms with E-state index in [2.05, 4.69) is 15.3 Å². The zero-order valence-electron chi connectivity index (χ0n) is 14.6. The number of hydrogen-bond donors (Lipinski definition) is 2. The van der Waals surface area contributed by atoms with Gasteiger partial charge in [-0.15, -0.1) is 0 Å². The molecule has 0 aliphatic heterocycles. The van der Waals surface area contributed by atoms with Gasteiger partial charge in [0.05, 0.1) is 25.0 Å². The number of hydrogen-bond acceptors (Lipinski definition) is 5. The summed E-state index contributed by atoms with van der Waals surface area (Å²) in [4.78, 5) is 21.1. The van der Waals surface area contributed by atoms with Crippen LogP contribution in [0.15, 0.2) is 60.8 Å². The molecule has 6 nitrogen and oxygen atoms in total. The first-order valence-corrected chi connectivity index (χ1v) is 8.21. The maximum absolute atomic E-state index is 12.6. The maximum atomic E-state index is 12.6. The van der Waals surface area contributed by atoms with Crippen LogP contribution in [0.2, 0.25) is 0 Å². The average molecular weight is 348 g/mol. The van der Waals surface area contributed by atoms with Crippen molar-refractivity contribution < 1.29 is 9.53 Å². The molecule has 2 aromatic carbocycles. The first kappa shape index (κ1) is 17.4. The summed E-state index contributed by atoms with van der Waals surface area (Å²) in [5.41, 5.74) is 8.38. The number of ether oxygens (including phenoxy) is 1. The average Bonchev–Trinajstić information content (AvgIpc) is 2.69. The Hall–Kier alpha value is -3.41. The summed E-state index contributed by atoms with van der Waals surface area (Å²) in [6, 6.07) is 16.9. The molecule has 26 heavy (non-hydrogen) atoms. The van der Waals surface area contributed by atoms with Crippen LogP contribution in [0.4, 0.5) is 5.82 Å². The second kappa shape index (κ2) is 7.65. The number of amides is 1. The lowest BCUT2D eigenvalue weighted by Gasteiger charge is -2.15. The number of aromatic nitrogens is 2. The molecule has 0 bridgehead atoms. The van der Waals surface area contributed by atoms with Crippen LogP contribution < -0.4 is 15.8 Å². The molecule has 0 saturated heterocycles. The van der Waals surface area contributed by atoms with E-state index in [0.29, 0.717) is 5.69 Å². The van der Waals surface area contributed by atoms with E-state index in [1.54, 1.807) is 13.3 Å². The van der Waals surface area contributed by atoms with Gasteiger partial charge in [-0.25, -0.2) is 9.97 Å². The van der Waals surface area contributed by atoms with Gasteiger partial charge >= 0.3 is 0 Å². The first-order valence-electron chi connectivity index (χ1n) is 8.21. The monoisotopic (exact) mass is 348 g/mol. The van der Waals surface area contributed by atoms with E-state index < -0.39 is 0 Å². The Kier molecular flexibility index (Phi) is 5.12. The van der Waals surface area contributed by atoms with E-state index in [-0.39, 0.29) is 23.5 Å². The van der Waals surface area contributed by atoms with Gasteiger partial charge in [0.15, 0.2) is 11.5 Å². The summed E-state index contributed by atoms with van der Waals surface area (Å²) in [6.45, 7) is 1.91. The number of nitrogens with two attached hydrogens (primary N) is 1. The van der Waals surface area contributed by atoms with Crippen molar-refractivity contribution in [3.05, 3.63) is 72.1 Å². The zero-order valence-corrected chi connectivity index (χ0v) is 14.6. The van der Waals surface area contributed by atoms with E-state index in [9.17, 15) is 4.79 Å². The first-order chi connectivity index (χ1) is 12.6. The number of carbonyl (C=O) groups is 1. The molecule has 0 aliphatic rings. The molecule has 0 fully saturated rings. The van der Waals surface area contributed by atoms with Crippen LogP contribution in [0, 0.1) is 0 Å². The number of anilines is 1. The van der Waals surface area contributed by atoms with E-state index in [1.807, 2.05) is 61.5 Å². The fraction of sp³-hybridized carbons (Fsp3) is 0.150. The summed E-state index contributed by atoms with van der Waals surface area (Å²) >= 11 is 0. The van der Waals surface area contributed by atoms with Gasteiger partial charge in [0.1, 0.15) is 5.75 Å². The number of carbonyl (C=O) groups excluding carboxylic acids is 1. The molecular formula is C20H20N4O2. The maximum Gasteiger partial charge on any atom is 0.274 e. The third-order valence-electron chi connectivity index (χ3n) is 4.05. The van der Waals surface area contributed by atoms with E-state index in [1.165, 1.54) is 0 Å². The van der Waals surface area contributed by atoms with E-state index in [4.69, 9.17) is 10.5 Å². The van der Waals surface area contributed by atoms with Gasteiger partial charge in [-0.1, -0.05) is 30.3 Å². The highest BCUT2D eigenvalue weighted by atomic mass is 16.5. The molecule has 1 amide bonds. The summed E-state index contributed by atoms with van der Waals surface area (Å²) in [5.74, 6) is 0.480. The van der Waals surface area contributed by atoms with Crippen molar-refractivity contribution in [1.29, 1.82) is 0 Å². The molecule has 0 aliphatic carbocycles. The Morgan fingerprint density at radius 1 is 1.12 bits per heavy atom. The number of benzene rings is 2. The molecule has 0 radical (unpaired) electrons. The highest BCUT2D eigenvalue weighted by Crippen LogP contribution is 2.22. The Bertz CT molecular complexity index is 895. The molecule has 1 heterocycles. The van der Waals surface area contributed by atoms with Crippen molar-refractivity contribution >= 4 is 11.7 Å². The molecule has 132 valence electrons. The predicted octanol–water partition coefficient (Wildman–Crippen LogP) is 3.23.